The van der Waals surface area contributed by atoms with Gasteiger partial charge >= 0.3 is 0 Å². The van der Waals surface area contributed by atoms with Crippen LogP contribution in [0.2, 0.25) is 0 Å². The highest BCUT2D eigenvalue weighted by molar-refractivity contribution is 7.94. The lowest BCUT2D eigenvalue weighted by molar-refractivity contribution is 0.353. The second-order valence-electron chi connectivity index (χ2n) is 0.698. The Bertz CT molecular complexity index is 48.2. The molecule has 2 nitrogen and oxygen atoms in total. The fourth-order valence-electron chi connectivity index (χ4n) is 0.113. The molecule has 0 aliphatic heterocycles. The predicted octanol–water partition coefficient (Wildman–Crippen LogP) is 0.601. The summed E-state index contributed by atoms with van der Waals surface area (Å²) in [6.07, 6.45) is 0. The Balaban J connectivity index is 2.56. The molecule has 0 heterocycles. The number of hydrogen-bond donors (Lipinski definition) is 1. The highest BCUT2D eigenvalue weighted by Crippen LogP contribution is 1.95. The van der Waals surface area contributed by atoms with Gasteiger partial charge in [-0.05, 0) is 0 Å². The summed E-state index contributed by atoms with van der Waals surface area (Å²) in [7, 11) is 0. The predicted molar refractivity (Wildman–Crippen MR) is 34.3 cm³/mol. The highest BCUT2D eigenvalue weighted by Gasteiger charge is 1.78. The van der Waals surface area contributed by atoms with Gasteiger partial charge in [0.1, 0.15) is 5.94 Å². The molecule has 4 heteroatoms. The van der Waals surface area contributed by atoms with Crippen molar-refractivity contribution in [2.75, 3.05) is 12.5 Å². The van der Waals surface area contributed by atoms with E-state index in [1.54, 1.807) is 0 Å². The van der Waals surface area contributed by atoms with Gasteiger partial charge in [-0.15, -0.1) is 0 Å². The Morgan fingerprint density at radius 2 is 2.57 bits per heavy atom. The summed E-state index contributed by atoms with van der Waals surface area (Å²) in [5, 5.41) is 9.54. The average molecular weight is 138 g/mol. The third-order valence-electron chi connectivity index (χ3n) is 0.272. The average Bonchev–Trinajstić information content (AvgIpc) is 1.69. The Hall–Kier alpha value is 0.360. The van der Waals surface area contributed by atoms with Gasteiger partial charge in [0.2, 0.25) is 0 Å². The summed E-state index contributed by atoms with van der Waals surface area (Å²) in [6, 6.07) is 0. The minimum atomic E-state index is -0.0107. The van der Waals surface area contributed by atoms with E-state index in [0.717, 1.165) is 12.0 Å². The molecule has 0 rings (SSSR count). The van der Waals surface area contributed by atoms with Gasteiger partial charge in [-0.3, -0.25) is 0 Å². The van der Waals surface area contributed by atoms with Crippen molar-refractivity contribution in [1.82, 2.24) is 0 Å². The van der Waals surface area contributed by atoms with E-state index in [1.165, 1.54) is 5.37 Å². The zero-order valence-electron chi connectivity index (χ0n) is 3.66. The van der Waals surface area contributed by atoms with Gasteiger partial charge in [0.25, 0.3) is 0 Å². The van der Waals surface area contributed by atoms with E-state index in [-0.39, 0.29) is 5.94 Å². The Labute approximate surface area is 52.1 Å². The van der Waals surface area contributed by atoms with Crippen LogP contribution >= 0.6 is 24.3 Å². The molecule has 0 aliphatic carbocycles. The van der Waals surface area contributed by atoms with E-state index in [1.807, 2.05) is 0 Å². The fourth-order valence-corrected chi connectivity index (χ4v) is 0.506. The van der Waals surface area contributed by atoms with Gasteiger partial charge in [0.15, 0.2) is 0 Å². The van der Waals surface area contributed by atoms with Crippen LogP contribution in [0.5, 0.6) is 0 Å². The molecular weight excluding hydrogens is 132 g/mol. The maximum atomic E-state index is 8.08. The molecular formula is C3H6O2S2. The van der Waals surface area contributed by atoms with Crippen molar-refractivity contribution in [2.24, 2.45) is 0 Å². The summed E-state index contributed by atoms with van der Waals surface area (Å²) >= 11 is 5.41. The first kappa shape index (κ1) is 7.36. The highest BCUT2D eigenvalue weighted by atomic mass is 32.2. The first-order valence-electron chi connectivity index (χ1n) is 1.70. The van der Waals surface area contributed by atoms with Crippen molar-refractivity contribution in [3.8, 4) is 0 Å². The molecule has 0 aromatic rings. The summed E-state index contributed by atoms with van der Waals surface area (Å²) in [5.74, 6) is -0.0107. The van der Waals surface area contributed by atoms with E-state index in [0.29, 0.717) is 6.61 Å². The third kappa shape index (κ3) is 6.36. The molecule has 0 saturated carbocycles. The van der Waals surface area contributed by atoms with Crippen LogP contribution in [0, 0.1) is 0 Å². The Morgan fingerprint density at radius 1 is 1.86 bits per heavy atom. The first-order chi connectivity index (χ1) is 3.41. The molecule has 0 radical (unpaired) electrons. The minimum absolute atomic E-state index is 0.0107. The Morgan fingerprint density at radius 3 is 3.00 bits per heavy atom. The van der Waals surface area contributed by atoms with Crippen molar-refractivity contribution in [3.05, 3.63) is 0 Å². The van der Waals surface area contributed by atoms with E-state index < -0.39 is 0 Å². The molecule has 0 spiro atoms. The maximum absolute atomic E-state index is 8.08. The van der Waals surface area contributed by atoms with E-state index in [2.05, 4.69) is 16.4 Å². The lowest BCUT2D eigenvalue weighted by atomic mass is 10.9. The number of thiocarbonyl (C=S) groups is 1. The van der Waals surface area contributed by atoms with Crippen LogP contribution in [0.4, 0.5) is 0 Å². The lowest BCUT2D eigenvalue weighted by Gasteiger charge is -1.89. The molecule has 0 aromatic carbocycles. The smallest absolute Gasteiger partial charge is 0.115 e. The van der Waals surface area contributed by atoms with Crippen molar-refractivity contribution in [3.63, 3.8) is 0 Å². The molecule has 0 atom stereocenters. The second kappa shape index (κ2) is 6.36. The molecule has 0 saturated heterocycles. The zero-order valence-corrected chi connectivity index (χ0v) is 5.30. The zero-order chi connectivity index (χ0) is 5.54. The molecule has 42 valence electrons. The molecule has 0 amide bonds. The van der Waals surface area contributed by atoms with Crippen LogP contribution in [-0.4, -0.2) is 23.0 Å². The van der Waals surface area contributed by atoms with E-state index in [4.69, 9.17) is 5.11 Å². The van der Waals surface area contributed by atoms with Crippen LogP contribution in [0.1, 0.15) is 0 Å². The Kier molecular flexibility index (Phi) is 6.69. The largest absolute Gasteiger partial charge is 0.383 e. The molecule has 0 aromatic heterocycles. The quantitative estimate of drug-likeness (QED) is 0.267. The molecule has 0 fully saturated rings. The maximum Gasteiger partial charge on any atom is 0.115 e. The second-order valence-corrected chi connectivity index (χ2v) is 1.76. The monoisotopic (exact) mass is 138 g/mol. The van der Waals surface area contributed by atoms with Crippen LogP contribution in [0.3, 0.4) is 0 Å². The minimum Gasteiger partial charge on any atom is -0.383 e. The van der Waals surface area contributed by atoms with Crippen LogP contribution in [0.25, 0.3) is 0 Å². The number of aliphatic hydroxyl groups is 1. The van der Waals surface area contributed by atoms with Gasteiger partial charge in [0.05, 0.1) is 6.61 Å². The van der Waals surface area contributed by atoms with Crippen LogP contribution < -0.4 is 0 Å². The normalized spacial score (nSPS) is 8.71. The summed E-state index contributed by atoms with van der Waals surface area (Å²) < 4.78 is 4.64. The van der Waals surface area contributed by atoms with Crippen molar-refractivity contribution in [1.29, 1.82) is 0 Å². The third-order valence-corrected chi connectivity index (χ3v) is 0.816. The van der Waals surface area contributed by atoms with Gasteiger partial charge in [0, 0.05) is 17.4 Å². The number of hydrogen-bond acceptors (Lipinski definition) is 4. The number of rotatable bonds is 4. The summed E-state index contributed by atoms with van der Waals surface area (Å²) in [4.78, 5) is 0. The van der Waals surface area contributed by atoms with Crippen LogP contribution in [-0.2, 0) is 4.18 Å². The van der Waals surface area contributed by atoms with Crippen molar-refractivity contribution >= 4 is 29.6 Å². The fraction of sp³-hybridized carbons (Fsp3) is 0.667. The first-order valence-corrected chi connectivity index (χ1v) is 3.09. The van der Waals surface area contributed by atoms with Gasteiger partial charge in [-0.25, -0.2) is 0 Å². The molecule has 0 aliphatic rings. The van der Waals surface area contributed by atoms with Crippen molar-refractivity contribution in [2.45, 2.75) is 0 Å². The van der Waals surface area contributed by atoms with E-state index in [9.17, 15) is 0 Å². The molecule has 1 N–H and O–H groups in total. The SMILES string of the molecule is OCSOCC=S. The topological polar surface area (TPSA) is 29.5 Å². The van der Waals surface area contributed by atoms with E-state index >= 15 is 0 Å². The lowest BCUT2D eigenvalue weighted by Crippen LogP contribution is -1.84. The van der Waals surface area contributed by atoms with Crippen molar-refractivity contribution < 1.29 is 9.29 Å². The standard InChI is InChI=1S/C3H6O2S2/c4-3-7-5-1-2-6/h2,4H,1,3H2. The van der Waals surface area contributed by atoms with Gasteiger partial charge < -0.3 is 9.29 Å². The van der Waals surface area contributed by atoms with Gasteiger partial charge in [-0.1, -0.05) is 12.2 Å². The summed E-state index contributed by atoms with van der Waals surface area (Å²) in [5.41, 5.74) is 0. The summed E-state index contributed by atoms with van der Waals surface area (Å²) in [6.45, 7) is 0.417. The van der Waals surface area contributed by atoms with Gasteiger partial charge in [-0.2, -0.15) is 0 Å². The number of aliphatic hydroxyl groups excluding tert-OH is 1. The molecule has 0 bridgehead atoms. The molecule has 0 unspecified atom stereocenters. The van der Waals surface area contributed by atoms with Crippen LogP contribution in [0.15, 0.2) is 0 Å². The molecule has 7 heavy (non-hydrogen) atoms.